The van der Waals surface area contributed by atoms with Crippen LogP contribution in [-0.2, 0) is 14.3 Å². The summed E-state index contributed by atoms with van der Waals surface area (Å²) in [5.41, 5.74) is 0.798. The summed E-state index contributed by atoms with van der Waals surface area (Å²) < 4.78 is 5.27. The lowest BCUT2D eigenvalue weighted by molar-refractivity contribution is -0.138. The fraction of sp³-hybridized carbons (Fsp3) is 0.548. The number of aliphatic hydroxyl groups excluding tert-OH is 1. The van der Waals surface area contributed by atoms with Crippen molar-refractivity contribution in [1.82, 2.24) is 25.1 Å². The van der Waals surface area contributed by atoms with Crippen LogP contribution in [0, 0.1) is 17.8 Å². The number of fused-ring (bicyclic) bond motifs is 1. The van der Waals surface area contributed by atoms with Gasteiger partial charge in [-0.05, 0) is 30.6 Å². The van der Waals surface area contributed by atoms with Crippen molar-refractivity contribution in [2.75, 3.05) is 57.4 Å². The summed E-state index contributed by atoms with van der Waals surface area (Å²) in [6.45, 7) is 5.00. The van der Waals surface area contributed by atoms with Gasteiger partial charge in [0.25, 0.3) is 5.91 Å². The standard InChI is InChI=1S/C31H40N6O7/c1-2-3-15-44-31(43)36-13-11-35(12-14-36)30(42)24(9-10-27(39)40)33-29(41)25-16-26(37-17-21-22(18-37)23(21)19-38)34-28(32-25)20-7-5-4-6-8-20/h4-8,16,21-24,38H,2-3,9-15,17-19H2,1H3,(H,33,41)(H,39,40)/t21?,22?,23?,24-/m0/s1. The first-order valence-electron chi connectivity index (χ1n) is 15.3. The number of aliphatic hydroxyl groups is 1. The van der Waals surface area contributed by atoms with Crippen molar-refractivity contribution in [1.29, 1.82) is 0 Å². The zero-order valence-corrected chi connectivity index (χ0v) is 24.9. The highest BCUT2D eigenvalue weighted by molar-refractivity contribution is 5.97. The molecule has 1 aromatic heterocycles. The van der Waals surface area contributed by atoms with Gasteiger partial charge in [0, 0.05) is 63.9 Å². The van der Waals surface area contributed by atoms with E-state index in [0.717, 1.165) is 31.5 Å². The average Bonchev–Trinajstić information content (AvgIpc) is 3.52. The highest BCUT2D eigenvalue weighted by Crippen LogP contribution is 2.52. The maximum absolute atomic E-state index is 13.6. The molecule has 13 nitrogen and oxygen atoms in total. The molecular weight excluding hydrogens is 568 g/mol. The maximum atomic E-state index is 13.6. The van der Waals surface area contributed by atoms with Gasteiger partial charge in [0.2, 0.25) is 5.91 Å². The quantitative estimate of drug-likeness (QED) is 0.303. The number of amides is 3. The van der Waals surface area contributed by atoms with E-state index >= 15 is 0 Å². The van der Waals surface area contributed by atoms with Gasteiger partial charge < -0.3 is 35.0 Å². The number of nitrogens with one attached hydrogen (secondary N) is 1. The summed E-state index contributed by atoms with van der Waals surface area (Å²) in [5, 5.41) is 21.6. The highest BCUT2D eigenvalue weighted by Gasteiger charge is 2.55. The van der Waals surface area contributed by atoms with E-state index in [1.807, 2.05) is 37.3 Å². The smallest absolute Gasteiger partial charge is 0.409 e. The molecule has 1 saturated carbocycles. The van der Waals surface area contributed by atoms with Crippen LogP contribution in [0.3, 0.4) is 0 Å². The van der Waals surface area contributed by atoms with E-state index in [1.165, 1.54) is 4.90 Å². The molecule has 2 aromatic rings. The Bertz CT molecular complexity index is 1340. The first-order chi connectivity index (χ1) is 21.3. The third-order valence-corrected chi connectivity index (χ3v) is 8.71. The van der Waals surface area contributed by atoms with Gasteiger partial charge >= 0.3 is 12.1 Å². The minimum absolute atomic E-state index is 0.0703. The number of piperazine rings is 1. The maximum Gasteiger partial charge on any atom is 0.409 e. The zero-order valence-electron chi connectivity index (χ0n) is 24.9. The van der Waals surface area contributed by atoms with E-state index in [4.69, 9.17) is 9.72 Å². The summed E-state index contributed by atoms with van der Waals surface area (Å²) in [6.07, 6.45) is 0.859. The number of carboxylic acid groups (broad SMARTS) is 1. The number of hydrogen-bond acceptors (Lipinski definition) is 9. The molecule has 236 valence electrons. The summed E-state index contributed by atoms with van der Waals surface area (Å²) in [7, 11) is 0. The number of hydrogen-bond donors (Lipinski definition) is 3. The Morgan fingerprint density at radius 3 is 2.34 bits per heavy atom. The van der Waals surface area contributed by atoms with E-state index in [0.29, 0.717) is 36.0 Å². The Kier molecular flexibility index (Phi) is 9.93. The predicted molar refractivity (Wildman–Crippen MR) is 160 cm³/mol. The Labute approximate surface area is 256 Å². The van der Waals surface area contributed by atoms with Crippen LogP contribution in [0.25, 0.3) is 11.4 Å². The van der Waals surface area contributed by atoms with E-state index in [1.54, 1.807) is 11.0 Å². The molecule has 3 amide bonds. The van der Waals surface area contributed by atoms with Gasteiger partial charge in [0.15, 0.2) is 5.82 Å². The highest BCUT2D eigenvalue weighted by atomic mass is 16.6. The number of carbonyl (C=O) groups is 4. The molecule has 0 bridgehead atoms. The van der Waals surface area contributed by atoms with Crippen molar-refractivity contribution in [3.8, 4) is 11.4 Å². The van der Waals surface area contributed by atoms with Crippen molar-refractivity contribution in [2.45, 2.75) is 38.6 Å². The molecule has 44 heavy (non-hydrogen) atoms. The molecule has 2 aliphatic heterocycles. The molecule has 2 saturated heterocycles. The number of aromatic nitrogens is 2. The Balaban J connectivity index is 1.30. The Hall–Kier alpha value is -4.26. The number of piperidine rings is 1. The number of anilines is 1. The molecule has 0 radical (unpaired) electrons. The average molecular weight is 609 g/mol. The number of carboxylic acids is 1. The van der Waals surface area contributed by atoms with E-state index < -0.39 is 29.9 Å². The van der Waals surface area contributed by atoms with Crippen LogP contribution >= 0.6 is 0 Å². The number of carbonyl (C=O) groups excluding carboxylic acids is 3. The first kappa shape index (κ1) is 31.2. The fourth-order valence-electron chi connectivity index (χ4n) is 6.02. The molecule has 0 spiro atoms. The minimum Gasteiger partial charge on any atom is -0.481 e. The second-order valence-corrected chi connectivity index (χ2v) is 11.6. The number of benzene rings is 1. The van der Waals surface area contributed by atoms with E-state index in [-0.39, 0.29) is 51.3 Å². The first-order valence-corrected chi connectivity index (χ1v) is 15.3. The molecule has 5 rings (SSSR count). The lowest BCUT2D eigenvalue weighted by Gasteiger charge is -2.36. The summed E-state index contributed by atoms with van der Waals surface area (Å²) in [6, 6.07) is 9.79. The topological polar surface area (TPSA) is 166 Å². The van der Waals surface area contributed by atoms with Crippen LogP contribution in [0.2, 0.25) is 0 Å². The molecule has 3 heterocycles. The lowest BCUT2D eigenvalue weighted by Crippen LogP contribution is -2.56. The molecule has 3 atom stereocenters. The van der Waals surface area contributed by atoms with Crippen LogP contribution in [-0.4, -0.2) is 112 Å². The van der Waals surface area contributed by atoms with Crippen molar-refractivity contribution >= 4 is 29.7 Å². The predicted octanol–water partition coefficient (Wildman–Crippen LogP) is 1.86. The van der Waals surface area contributed by atoms with Gasteiger partial charge in [-0.1, -0.05) is 43.7 Å². The summed E-state index contributed by atoms with van der Waals surface area (Å²) >= 11 is 0. The van der Waals surface area contributed by atoms with Crippen LogP contribution < -0.4 is 10.2 Å². The number of unbranched alkanes of at least 4 members (excludes halogenated alkanes) is 1. The van der Waals surface area contributed by atoms with E-state index in [2.05, 4.69) is 15.2 Å². The molecule has 13 heteroatoms. The Morgan fingerprint density at radius 1 is 1.02 bits per heavy atom. The van der Waals surface area contributed by atoms with Crippen LogP contribution in [0.5, 0.6) is 0 Å². The van der Waals surface area contributed by atoms with Gasteiger partial charge in [-0.3, -0.25) is 14.4 Å². The number of ether oxygens (including phenoxy) is 1. The lowest BCUT2D eigenvalue weighted by atomic mass is 10.1. The van der Waals surface area contributed by atoms with Crippen molar-refractivity contribution in [3.05, 3.63) is 42.1 Å². The monoisotopic (exact) mass is 608 g/mol. The van der Waals surface area contributed by atoms with Crippen LogP contribution in [0.15, 0.2) is 36.4 Å². The van der Waals surface area contributed by atoms with Gasteiger partial charge in [0.1, 0.15) is 17.6 Å². The SMILES string of the molecule is CCCCOC(=O)N1CCN(C(=O)[C@H](CCC(=O)O)NC(=O)c2cc(N3CC4C(CO)C4C3)nc(-c3ccccc3)n2)CC1. The normalized spacial score (nSPS) is 21.4. The molecule has 3 N–H and O–H groups in total. The summed E-state index contributed by atoms with van der Waals surface area (Å²) in [4.78, 5) is 65.4. The minimum atomic E-state index is -1.09. The summed E-state index contributed by atoms with van der Waals surface area (Å²) in [5.74, 6) is -0.0596. The number of nitrogens with zero attached hydrogens (tertiary/aromatic N) is 5. The Morgan fingerprint density at radius 2 is 1.70 bits per heavy atom. The molecule has 3 fully saturated rings. The largest absolute Gasteiger partial charge is 0.481 e. The molecule has 1 aliphatic carbocycles. The van der Waals surface area contributed by atoms with Crippen molar-refractivity contribution in [2.24, 2.45) is 17.8 Å². The van der Waals surface area contributed by atoms with Gasteiger partial charge in [-0.2, -0.15) is 0 Å². The molecule has 1 aromatic carbocycles. The van der Waals surface area contributed by atoms with Gasteiger partial charge in [-0.25, -0.2) is 14.8 Å². The molecule has 2 unspecified atom stereocenters. The molecule has 3 aliphatic rings. The second-order valence-electron chi connectivity index (χ2n) is 11.6. The van der Waals surface area contributed by atoms with Crippen LogP contribution in [0.1, 0.15) is 43.1 Å². The van der Waals surface area contributed by atoms with Crippen molar-refractivity contribution in [3.63, 3.8) is 0 Å². The molecular formula is C31H40N6O7. The third kappa shape index (κ3) is 7.26. The van der Waals surface area contributed by atoms with Gasteiger partial charge in [-0.15, -0.1) is 0 Å². The number of rotatable bonds is 12. The van der Waals surface area contributed by atoms with Crippen LogP contribution in [0.4, 0.5) is 10.6 Å². The fourth-order valence-corrected chi connectivity index (χ4v) is 6.02. The van der Waals surface area contributed by atoms with E-state index in [9.17, 15) is 29.4 Å². The second kappa shape index (κ2) is 14.0. The number of aliphatic carboxylic acids is 1. The third-order valence-electron chi connectivity index (χ3n) is 8.71. The van der Waals surface area contributed by atoms with Gasteiger partial charge in [0.05, 0.1) is 6.61 Å². The van der Waals surface area contributed by atoms with Crippen molar-refractivity contribution < 1.29 is 34.1 Å². The zero-order chi connectivity index (χ0) is 31.2.